The minimum absolute atomic E-state index is 0.178. The molecule has 0 bridgehead atoms. The molecule has 0 spiro atoms. The standard InChI is InChI=1S/C15H21Cl2N3O2/c1-2-3-4-13(21)15(22)20-7-5-19(6-8-20)14-12(17)9-11(16)10-18-14/h9-10,13,21H,2-8H2,1H3/t13-/m1/s1. The van der Waals surface area contributed by atoms with Gasteiger partial charge in [-0.15, -0.1) is 0 Å². The fraction of sp³-hybridized carbons (Fsp3) is 0.600. The van der Waals surface area contributed by atoms with Gasteiger partial charge in [-0.3, -0.25) is 4.79 Å². The van der Waals surface area contributed by atoms with E-state index in [1.165, 1.54) is 0 Å². The van der Waals surface area contributed by atoms with Crippen molar-refractivity contribution in [1.29, 1.82) is 0 Å². The maximum absolute atomic E-state index is 12.2. The molecule has 1 fully saturated rings. The van der Waals surface area contributed by atoms with Crippen molar-refractivity contribution >= 4 is 34.9 Å². The lowest BCUT2D eigenvalue weighted by Gasteiger charge is -2.36. The summed E-state index contributed by atoms with van der Waals surface area (Å²) in [6.45, 7) is 4.44. The first-order valence-electron chi connectivity index (χ1n) is 7.55. The van der Waals surface area contributed by atoms with Gasteiger partial charge in [0.15, 0.2) is 0 Å². The van der Waals surface area contributed by atoms with Crippen molar-refractivity contribution in [1.82, 2.24) is 9.88 Å². The zero-order valence-electron chi connectivity index (χ0n) is 12.6. The summed E-state index contributed by atoms with van der Waals surface area (Å²) in [6, 6.07) is 1.66. The minimum atomic E-state index is -0.885. The van der Waals surface area contributed by atoms with Gasteiger partial charge < -0.3 is 14.9 Å². The van der Waals surface area contributed by atoms with E-state index in [2.05, 4.69) is 4.98 Å². The van der Waals surface area contributed by atoms with Crippen LogP contribution in [0, 0.1) is 0 Å². The van der Waals surface area contributed by atoms with Gasteiger partial charge in [0.05, 0.1) is 10.0 Å². The summed E-state index contributed by atoms with van der Waals surface area (Å²) < 4.78 is 0. The molecule has 5 nitrogen and oxygen atoms in total. The lowest BCUT2D eigenvalue weighted by Crippen LogP contribution is -2.51. The molecular weight excluding hydrogens is 325 g/mol. The van der Waals surface area contributed by atoms with Gasteiger partial charge in [-0.1, -0.05) is 43.0 Å². The number of aliphatic hydroxyl groups excluding tert-OH is 1. The largest absolute Gasteiger partial charge is 0.383 e. The number of hydrogen-bond donors (Lipinski definition) is 1. The van der Waals surface area contributed by atoms with E-state index in [-0.39, 0.29) is 5.91 Å². The normalized spacial score (nSPS) is 16.7. The van der Waals surface area contributed by atoms with Gasteiger partial charge in [0.25, 0.3) is 5.91 Å². The minimum Gasteiger partial charge on any atom is -0.383 e. The Morgan fingerprint density at radius 2 is 2.05 bits per heavy atom. The van der Waals surface area contributed by atoms with Crippen molar-refractivity contribution in [2.45, 2.75) is 32.3 Å². The molecule has 0 radical (unpaired) electrons. The molecule has 1 aliphatic heterocycles. The van der Waals surface area contributed by atoms with Crippen LogP contribution in [0.5, 0.6) is 0 Å². The number of unbranched alkanes of at least 4 members (excludes halogenated alkanes) is 1. The highest BCUT2D eigenvalue weighted by atomic mass is 35.5. The van der Waals surface area contributed by atoms with Crippen molar-refractivity contribution in [3.05, 3.63) is 22.3 Å². The first kappa shape index (κ1) is 17.3. The van der Waals surface area contributed by atoms with Crippen LogP contribution in [0.4, 0.5) is 5.82 Å². The molecule has 1 atom stereocenters. The molecule has 122 valence electrons. The van der Waals surface area contributed by atoms with Gasteiger partial charge in [0, 0.05) is 32.4 Å². The first-order chi connectivity index (χ1) is 10.5. The smallest absolute Gasteiger partial charge is 0.251 e. The molecular formula is C15H21Cl2N3O2. The molecule has 2 heterocycles. The Morgan fingerprint density at radius 3 is 2.64 bits per heavy atom. The third kappa shape index (κ3) is 4.24. The van der Waals surface area contributed by atoms with Crippen LogP contribution in [0.15, 0.2) is 12.3 Å². The van der Waals surface area contributed by atoms with Gasteiger partial charge in [0.1, 0.15) is 11.9 Å². The molecule has 1 saturated heterocycles. The second kappa shape index (κ2) is 7.99. The number of aliphatic hydroxyl groups is 1. The molecule has 2 rings (SSSR count). The van der Waals surface area contributed by atoms with E-state index in [4.69, 9.17) is 23.2 Å². The molecule has 1 aromatic rings. The van der Waals surface area contributed by atoms with Crippen LogP contribution in [-0.4, -0.2) is 53.2 Å². The van der Waals surface area contributed by atoms with Crippen molar-refractivity contribution in [3.8, 4) is 0 Å². The number of nitrogens with zero attached hydrogens (tertiary/aromatic N) is 3. The lowest BCUT2D eigenvalue weighted by atomic mass is 10.1. The molecule has 7 heteroatoms. The topological polar surface area (TPSA) is 56.7 Å². The van der Waals surface area contributed by atoms with Gasteiger partial charge in [-0.05, 0) is 12.5 Å². The Bertz CT molecular complexity index is 520. The number of pyridine rings is 1. The first-order valence-corrected chi connectivity index (χ1v) is 8.31. The number of rotatable bonds is 5. The number of carbonyl (C=O) groups excluding carboxylic acids is 1. The molecule has 0 unspecified atom stereocenters. The Hall–Kier alpha value is -1.04. The third-order valence-electron chi connectivity index (χ3n) is 3.80. The Kier molecular flexibility index (Phi) is 6.29. The molecule has 0 aromatic carbocycles. The molecule has 0 saturated carbocycles. The highest BCUT2D eigenvalue weighted by molar-refractivity contribution is 6.36. The summed E-state index contributed by atoms with van der Waals surface area (Å²) in [5.41, 5.74) is 0. The maximum atomic E-state index is 12.2. The molecule has 1 aliphatic rings. The van der Waals surface area contributed by atoms with E-state index < -0.39 is 6.10 Å². The van der Waals surface area contributed by atoms with Crippen LogP contribution in [0.1, 0.15) is 26.2 Å². The van der Waals surface area contributed by atoms with Crippen LogP contribution in [0.3, 0.4) is 0 Å². The summed E-state index contributed by atoms with van der Waals surface area (Å²) >= 11 is 12.0. The molecule has 1 N–H and O–H groups in total. The highest BCUT2D eigenvalue weighted by Crippen LogP contribution is 2.26. The zero-order chi connectivity index (χ0) is 16.1. The number of halogens is 2. The maximum Gasteiger partial charge on any atom is 0.251 e. The second-order valence-corrected chi connectivity index (χ2v) is 6.27. The van der Waals surface area contributed by atoms with E-state index in [1.54, 1.807) is 17.2 Å². The van der Waals surface area contributed by atoms with E-state index >= 15 is 0 Å². The summed E-state index contributed by atoms with van der Waals surface area (Å²) in [7, 11) is 0. The van der Waals surface area contributed by atoms with Crippen LogP contribution in [0.2, 0.25) is 10.0 Å². The number of aromatic nitrogens is 1. The second-order valence-electron chi connectivity index (χ2n) is 5.43. The number of piperazine rings is 1. The van der Waals surface area contributed by atoms with Crippen molar-refractivity contribution in [2.24, 2.45) is 0 Å². The van der Waals surface area contributed by atoms with Crippen LogP contribution in [0.25, 0.3) is 0 Å². The SMILES string of the molecule is CCCC[C@@H](O)C(=O)N1CCN(c2ncc(Cl)cc2Cl)CC1. The van der Waals surface area contributed by atoms with Crippen LogP contribution in [-0.2, 0) is 4.79 Å². The predicted octanol–water partition coefficient (Wildman–Crippen LogP) is 2.59. The molecule has 1 aromatic heterocycles. The predicted molar refractivity (Wildman–Crippen MR) is 88.6 cm³/mol. The van der Waals surface area contributed by atoms with E-state index in [1.807, 2.05) is 11.8 Å². The van der Waals surface area contributed by atoms with Gasteiger partial charge in [-0.2, -0.15) is 0 Å². The number of anilines is 1. The molecule has 0 aliphatic carbocycles. The molecule has 22 heavy (non-hydrogen) atoms. The average molecular weight is 346 g/mol. The van der Waals surface area contributed by atoms with Crippen molar-refractivity contribution < 1.29 is 9.90 Å². The summed E-state index contributed by atoms with van der Waals surface area (Å²) in [6.07, 6.45) is 3.04. The lowest BCUT2D eigenvalue weighted by molar-refractivity contribution is -0.140. The Morgan fingerprint density at radius 1 is 1.36 bits per heavy atom. The highest BCUT2D eigenvalue weighted by Gasteiger charge is 2.26. The number of hydrogen-bond acceptors (Lipinski definition) is 4. The Labute approximate surface area is 140 Å². The zero-order valence-corrected chi connectivity index (χ0v) is 14.1. The fourth-order valence-corrected chi connectivity index (χ4v) is 3.01. The summed E-state index contributed by atoms with van der Waals surface area (Å²) in [5, 5.41) is 10.9. The van der Waals surface area contributed by atoms with E-state index in [0.29, 0.717) is 48.5 Å². The number of amides is 1. The number of carbonyl (C=O) groups is 1. The van der Waals surface area contributed by atoms with Crippen LogP contribution < -0.4 is 4.90 Å². The van der Waals surface area contributed by atoms with E-state index in [0.717, 1.165) is 12.8 Å². The summed E-state index contributed by atoms with van der Waals surface area (Å²) in [5.74, 6) is 0.507. The quantitative estimate of drug-likeness (QED) is 0.890. The average Bonchev–Trinajstić information content (AvgIpc) is 2.52. The molecule has 1 amide bonds. The summed E-state index contributed by atoms with van der Waals surface area (Å²) in [4.78, 5) is 20.2. The monoisotopic (exact) mass is 345 g/mol. The van der Waals surface area contributed by atoms with Gasteiger partial charge in [-0.25, -0.2) is 4.98 Å². The van der Waals surface area contributed by atoms with E-state index in [9.17, 15) is 9.90 Å². The van der Waals surface area contributed by atoms with Gasteiger partial charge >= 0.3 is 0 Å². The van der Waals surface area contributed by atoms with Crippen molar-refractivity contribution in [2.75, 3.05) is 31.1 Å². The van der Waals surface area contributed by atoms with Crippen molar-refractivity contribution in [3.63, 3.8) is 0 Å². The van der Waals surface area contributed by atoms with Crippen LogP contribution >= 0.6 is 23.2 Å². The Balaban J connectivity index is 1.91. The van der Waals surface area contributed by atoms with Gasteiger partial charge in [0.2, 0.25) is 0 Å². The third-order valence-corrected chi connectivity index (χ3v) is 4.28. The fourth-order valence-electron chi connectivity index (χ4n) is 2.51.